The fourth-order valence-corrected chi connectivity index (χ4v) is 1.31. The standard InChI is InChI=1S/C13H17NO3/c1-10(9-15)12(14)7-8-17-13(16)11-5-3-2-4-6-11/h2-6,9-10,12H,7-8,14H2,1H3. The summed E-state index contributed by atoms with van der Waals surface area (Å²) in [5, 5.41) is 0. The zero-order valence-corrected chi connectivity index (χ0v) is 9.84. The molecule has 0 saturated heterocycles. The third-order valence-corrected chi connectivity index (χ3v) is 2.58. The van der Waals surface area contributed by atoms with Gasteiger partial charge >= 0.3 is 5.97 Å². The van der Waals surface area contributed by atoms with Crippen LogP contribution in [0.2, 0.25) is 0 Å². The number of benzene rings is 1. The molecule has 2 atom stereocenters. The molecule has 2 unspecified atom stereocenters. The first-order valence-electron chi connectivity index (χ1n) is 5.58. The van der Waals surface area contributed by atoms with E-state index in [2.05, 4.69) is 0 Å². The smallest absolute Gasteiger partial charge is 0.338 e. The zero-order chi connectivity index (χ0) is 12.7. The maximum atomic E-state index is 11.5. The van der Waals surface area contributed by atoms with E-state index in [1.807, 2.05) is 6.07 Å². The summed E-state index contributed by atoms with van der Waals surface area (Å²) in [5.41, 5.74) is 6.25. The van der Waals surface area contributed by atoms with Crippen LogP contribution in [0.1, 0.15) is 23.7 Å². The van der Waals surface area contributed by atoms with Crippen molar-refractivity contribution >= 4 is 12.3 Å². The summed E-state index contributed by atoms with van der Waals surface area (Å²) in [4.78, 5) is 22.0. The van der Waals surface area contributed by atoms with E-state index in [9.17, 15) is 9.59 Å². The minimum Gasteiger partial charge on any atom is -0.462 e. The van der Waals surface area contributed by atoms with E-state index in [1.165, 1.54) is 0 Å². The Labute approximate surface area is 101 Å². The van der Waals surface area contributed by atoms with E-state index in [1.54, 1.807) is 31.2 Å². The van der Waals surface area contributed by atoms with E-state index in [4.69, 9.17) is 10.5 Å². The summed E-state index contributed by atoms with van der Waals surface area (Å²) in [7, 11) is 0. The lowest BCUT2D eigenvalue weighted by Gasteiger charge is -2.14. The fourth-order valence-electron chi connectivity index (χ4n) is 1.31. The summed E-state index contributed by atoms with van der Waals surface area (Å²) < 4.78 is 5.06. The second kappa shape index (κ2) is 6.81. The van der Waals surface area contributed by atoms with Gasteiger partial charge in [-0.25, -0.2) is 4.79 Å². The summed E-state index contributed by atoms with van der Waals surface area (Å²) in [5.74, 6) is -0.581. The van der Waals surface area contributed by atoms with Crippen LogP contribution in [-0.4, -0.2) is 24.9 Å². The van der Waals surface area contributed by atoms with E-state index in [-0.39, 0.29) is 24.5 Å². The highest BCUT2D eigenvalue weighted by atomic mass is 16.5. The first-order chi connectivity index (χ1) is 8.15. The molecule has 0 bridgehead atoms. The Hall–Kier alpha value is -1.68. The van der Waals surface area contributed by atoms with Gasteiger partial charge in [0, 0.05) is 12.0 Å². The van der Waals surface area contributed by atoms with Crippen LogP contribution in [0.5, 0.6) is 0 Å². The van der Waals surface area contributed by atoms with Gasteiger partial charge in [0.1, 0.15) is 6.29 Å². The van der Waals surface area contributed by atoms with Gasteiger partial charge in [-0.05, 0) is 18.6 Å². The maximum absolute atomic E-state index is 11.5. The van der Waals surface area contributed by atoms with Crippen molar-refractivity contribution in [1.29, 1.82) is 0 Å². The molecule has 0 aromatic heterocycles. The highest BCUT2D eigenvalue weighted by Crippen LogP contribution is 2.04. The molecule has 0 heterocycles. The second-order valence-corrected chi connectivity index (χ2v) is 3.95. The Bertz CT molecular complexity index is 364. The molecular formula is C13H17NO3. The Morgan fingerprint density at radius 3 is 2.65 bits per heavy atom. The minimum atomic E-state index is -0.364. The van der Waals surface area contributed by atoms with Crippen LogP contribution in [0.15, 0.2) is 30.3 Å². The Morgan fingerprint density at radius 1 is 1.41 bits per heavy atom. The molecule has 1 aromatic rings. The maximum Gasteiger partial charge on any atom is 0.338 e. The number of nitrogens with two attached hydrogens (primary N) is 1. The van der Waals surface area contributed by atoms with Crippen LogP contribution in [0, 0.1) is 5.92 Å². The van der Waals surface area contributed by atoms with Gasteiger partial charge < -0.3 is 15.3 Å². The largest absolute Gasteiger partial charge is 0.462 e. The van der Waals surface area contributed by atoms with Gasteiger partial charge in [0.2, 0.25) is 0 Å². The number of aldehydes is 1. The molecule has 0 aliphatic rings. The van der Waals surface area contributed by atoms with Gasteiger partial charge in [-0.15, -0.1) is 0 Å². The SMILES string of the molecule is CC(C=O)C(N)CCOC(=O)c1ccccc1. The van der Waals surface area contributed by atoms with E-state index < -0.39 is 0 Å². The zero-order valence-electron chi connectivity index (χ0n) is 9.84. The average molecular weight is 235 g/mol. The molecule has 0 aliphatic carbocycles. The molecule has 0 aliphatic heterocycles. The van der Waals surface area contributed by atoms with Crippen molar-refractivity contribution in [3.8, 4) is 0 Å². The molecule has 0 saturated carbocycles. The first-order valence-corrected chi connectivity index (χ1v) is 5.58. The quantitative estimate of drug-likeness (QED) is 0.597. The molecule has 4 nitrogen and oxygen atoms in total. The van der Waals surface area contributed by atoms with Crippen LogP contribution in [0.3, 0.4) is 0 Å². The number of rotatable bonds is 6. The predicted molar refractivity (Wildman–Crippen MR) is 64.5 cm³/mol. The molecule has 0 radical (unpaired) electrons. The van der Waals surface area contributed by atoms with Crippen molar-refractivity contribution in [3.05, 3.63) is 35.9 Å². The van der Waals surface area contributed by atoms with Crippen molar-refractivity contribution in [3.63, 3.8) is 0 Å². The Kier molecular flexibility index (Phi) is 5.36. The van der Waals surface area contributed by atoms with Crippen LogP contribution >= 0.6 is 0 Å². The molecule has 0 amide bonds. The molecule has 4 heteroatoms. The lowest BCUT2D eigenvalue weighted by molar-refractivity contribution is -0.111. The number of esters is 1. The summed E-state index contributed by atoms with van der Waals surface area (Å²) in [6.07, 6.45) is 1.29. The van der Waals surface area contributed by atoms with E-state index >= 15 is 0 Å². The van der Waals surface area contributed by atoms with Crippen LogP contribution in [0.4, 0.5) is 0 Å². The van der Waals surface area contributed by atoms with Gasteiger partial charge in [-0.1, -0.05) is 25.1 Å². The number of ether oxygens (including phenoxy) is 1. The number of carbonyl (C=O) groups is 2. The average Bonchev–Trinajstić information content (AvgIpc) is 2.38. The van der Waals surface area contributed by atoms with Crippen LogP contribution < -0.4 is 5.73 Å². The number of hydrogen-bond acceptors (Lipinski definition) is 4. The highest BCUT2D eigenvalue weighted by Gasteiger charge is 2.12. The molecule has 1 aromatic carbocycles. The van der Waals surface area contributed by atoms with E-state index in [0.717, 1.165) is 6.29 Å². The first kappa shape index (κ1) is 13.4. The van der Waals surface area contributed by atoms with E-state index in [0.29, 0.717) is 12.0 Å². The number of hydrogen-bond donors (Lipinski definition) is 1. The van der Waals surface area contributed by atoms with Crippen molar-refractivity contribution in [1.82, 2.24) is 0 Å². The summed E-state index contributed by atoms with van der Waals surface area (Å²) in [6, 6.07) is 8.50. The highest BCUT2D eigenvalue weighted by molar-refractivity contribution is 5.89. The Balaban J connectivity index is 2.32. The van der Waals surface area contributed by atoms with Crippen LogP contribution in [-0.2, 0) is 9.53 Å². The van der Waals surface area contributed by atoms with Crippen molar-refractivity contribution in [2.45, 2.75) is 19.4 Å². The van der Waals surface area contributed by atoms with Gasteiger partial charge in [-0.2, -0.15) is 0 Å². The van der Waals surface area contributed by atoms with Crippen molar-refractivity contribution in [2.75, 3.05) is 6.61 Å². The van der Waals surface area contributed by atoms with Crippen molar-refractivity contribution in [2.24, 2.45) is 11.7 Å². The van der Waals surface area contributed by atoms with Gasteiger partial charge in [0.25, 0.3) is 0 Å². The fraction of sp³-hybridized carbons (Fsp3) is 0.385. The summed E-state index contributed by atoms with van der Waals surface area (Å²) >= 11 is 0. The molecule has 92 valence electrons. The third-order valence-electron chi connectivity index (χ3n) is 2.58. The van der Waals surface area contributed by atoms with Gasteiger partial charge in [-0.3, -0.25) is 0 Å². The molecule has 17 heavy (non-hydrogen) atoms. The van der Waals surface area contributed by atoms with Crippen molar-refractivity contribution < 1.29 is 14.3 Å². The van der Waals surface area contributed by atoms with Gasteiger partial charge in [0.05, 0.1) is 12.2 Å². The molecule has 0 fully saturated rings. The number of carbonyl (C=O) groups excluding carboxylic acids is 2. The lowest BCUT2D eigenvalue weighted by Crippen LogP contribution is -2.30. The predicted octanol–water partition coefficient (Wildman–Crippen LogP) is 1.40. The molecule has 1 rings (SSSR count). The topological polar surface area (TPSA) is 69.4 Å². The summed E-state index contributed by atoms with van der Waals surface area (Å²) in [6.45, 7) is 1.98. The molecule has 0 spiro atoms. The van der Waals surface area contributed by atoms with Crippen LogP contribution in [0.25, 0.3) is 0 Å². The monoisotopic (exact) mass is 235 g/mol. The lowest BCUT2D eigenvalue weighted by atomic mass is 10.0. The molecular weight excluding hydrogens is 218 g/mol. The minimum absolute atomic E-state index is 0.217. The Morgan fingerprint density at radius 2 is 2.06 bits per heavy atom. The molecule has 2 N–H and O–H groups in total. The second-order valence-electron chi connectivity index (χ2n) is 3.95. The normalized spacial score (nSPS) is 13.8. The third kappa shape index (κ3) is 4.36. The van der Waals surface area contributed by atoms with Gasteiger partial charge in [0.15, 0.2) is 0 Å².